The fourth-order valence-corrected chi connectivity index (χ4v) is 4.53. The van der Waals surface area contributed by atoms with Gasteiger partial charge < -0.3 is 24.8 Å². The zero-order chi connectivity index (χ0) is 30.2. The molecule has 2 heterocycles. The number of carbonyl (C=O) groups is 4. The second kappa shape index (κ2) is 14.6. The van der Waals surface area contributed by atoms with Crippen LogP contribution in [0.2, 0.25) is 0 Å². The highest BCUT2D eigenvalue weighted by molar-refractivity contribution is 7.13. The van der Waals surface area contributed by atoms with E-state index in [0.717, 1.165) is 11.3 Å². The number of Topliss-reactive ketones (excluding diaryl/α,β-unsaturated/α-hetero) is 2. The summed E-state index contributed by atoms with van der Waals surface area (Å²) in [6.07, 6.45) is 0.485. The Balaban J connectivity index is 1.77. The van der Waals surface area contributed by atoms with E-state index in [0.29, 0.717) is 10.6 Å². The fourth-order valence-electron chi connectivity index (χ4n) is 3.85. The average Bonchev–Trinajstić information content (AvgIpc) is 3.53. The van der Waals surface area contributed by atoms with E-state index in [1.165, 1.54) is 6.20 Å². The highest BCUT2D eigenvalue weighted by Gasteiger charge is 2.50. The SMILES string of the molecule is Cc1ncc(C(=O)N[C@@H](COC(F)F)C(=O)C[C@@H](COC(F)F)C(=O)N[C@@H](Cc2ccccc2)C(=O)[C@@]2(C)CO2)s1. The molecule has 1 aromatic heterocycles. The number of halogens is 4. The molecule has 1 saturated heterocycles. The minimum Gasteiger partial charge on any atom is -0.361 e. The molecule has 3 rings (SSSR count). The van der Waals surface area contributed by atoms with Gasteiger partial charge in [0.1, 0.15) is 16.5 Å². The van der Waals surface area contributed by atoms with Crippen molar-refractivity contribution in [3.63, 3.8) is 0 Å². The molecule has 0 aliphatic carbocycles. The molecule has 1 aromatic carbocycles. The molecule has 1 aliphatic rings. The van der Waals surface area contributed by atoms with Gasteiger partial charge >= 0.3 is 13.2 Å². The van der Waals surface area contributed by atoms with Crippen LogP contribution in [0.5, 0.6) is 0 Å². The number of alkyl halides is 4. The van der Waals surface area contributed by atoms with Crippen LogP contribution >= 0.6 is 11.3 Å². The van der Waals surface area contributed by atoms with Crippen molar-refractivity contribution in [3.8, 4) is 0 Å². The van der Waals surface area contributed by atoms with Gasteiger partial charge in [-0.3, -0.25) is 19.2 Å². The van der Waals surface area contributed by atoms with Crippen LogP contribution in [0.25, 0.3) is 0 Å². The third-order valence-electron chi connectivity index (χ3n) is 6.18. The lowest BCUT2D eigenvalue weighted by Crippen LogP contribution is -2.51. The number of hydrogen-bond donors (Lipinski definition) is 2. The molecule has 2 N–H and O–H groups in total. The van der Waals surface area contributed by atoms with Crippen LogP contribution < -0.4 is 10.6 Å². The largest absolute Gasteiger partial charge is 0.361 e. The highest BCUT2D eigenvalue weighted by atomic mass is 32.1. The second-order valence-corrected chi connectivity index (χ2v) is 10.7. The molecule has 0 spiro atoms. The Bertz CT molecular complexity index is 1210. The van der Waals surface area contributed by atoms with Gasteiger partial charge in [0.15, 0.2) is 11.6 Å². The Morgan fingerprint density at radius 3 is 2.22 bits per heavy atom. The quantitative estimate of drug-likeness (QED) is 0.208. The number of epoxide rings is 1. The van der Waals surface area contributed by atoms with E-state index in [2.05, 4.69) is 25.1 Å². The summed E-state index contributed by atoms with van der Waals surface area (Å²) in [5.41, 5.74) is -0.439. The molecule has 0 radical (unpaired) electrons. The zero-order valence-electron chi connectivity index (χ0n) is 22.1. The maximum absolute atomic E-state index is 13.3. The van der Waals surface area contributed by atoms with Crippen molar-refractivity contribution in [2.75, 3.05) is 19.8 Å². The fraction of sp³-hybridized carbons (Fsp3) is 0.500. The minimum atomic E-state index is -3.28. The van der Waals surface area contributed by atoms with Crippen LogP contribution in [0.3, 0.4) is 0 Å². The predicted molar refractivity (Wildman–Crippen MR) is 137 cm³/mol. The maximum Gasteiger partial charge on any atom is 0.345 e. The van der Waals surface area contributed by atoms with Gasteiger partial charge in [-0.25, -0.2) is 4.98 Å². The molecule has 15 heteroatoms. The van der Waals surface area contributed by atoms with Gasteiger partial charge in [-0.15, -0.1) is 11.3 Å². The number of ketones is 2. The number of aromatic nitrogens is 1. The molecule has 10 nitrogen and oxygen atoms in total. The predicted octanol–water partition coefficient (Wildman–Crippen LogP) is 2.69. The molecular weight excluding hydrogens is 574 g/mol. The number of aryl methyl sites for hydroxylation is 1. The van der Waals surface area contributed by atoms with Crippen molar-refractivity contribution in [1.29, 1.82) is 0 Å². The van der Waals surface area contributed by atoms with Gasteiger partial charge in [0, 0.05) is 6.42 Å². The Morgan fingerprint density at radius 1 is 1.02 bits per heavy atom. The van der Waals surface area contributed by atoms with Gasteiger partial charge in [-0.1, -0.05) is 30.3 Å². The van der Waals surface area contributed by atoms with E-state index < -0.39 is 79.8 Å². The third-order valence-corrected chi connectivity index (χ3v) is 7.10. The molecule has 0 unspecified atom stereocenters. The molecule has 224 valence electrons. The van der Waals surface area contributed by atoms with Crippen LogP contribution in [0.15, 0.2) is 36.5 Å². The first-order valence-corrected chi connectivity index (χ1v) is 13.3. The number of nitrogens with zero attached hydrogens (tertiary/aromatic N) is 1. The molecule has 0 saturated carbocycles. The van der Waals surface area contributed by atoms with Gasteiger partial charge in [-0.2, -0.15) is 17.6 Å². The van der Waals surface area contributed by atoms with E-state index in [1.54, 1.807) is 44.2 Å². The van der Waals surface area contributed by atoms with E-state index in [4.69, 9.17) is 4.74 Å². The summed E-state index contributed by atoms with van der Waals surface area (Å²) in [6.45, 7) is -5.13. The van der Waals surface area contributed by atoms with E-state index in [-0.39, 0.29) is 17.9 Å². The summed E-state index contributed by atoms with van der Waals surface area (Å²) in [6, 6.07) is 5.89. The van der Waals surface area contributed by atoms with Crippen LogP contribution in [0, 0.1) is 12.8 Å². The molecule has 4 atom stereocenters. The van der Waals surface area contributed by atoms with Gasteiger partial charge in [0.05, 0.1) is 43.0 Å². The number of carbonyl (C=O) groups excluding carboxylic acids is 4. The van der Waals surface area contributed by atoms with Gasteiger partial charge in [-0.05, 0) is 25.8 Å². The molecule has 1 fully saturated rings. The zero-order valence-corrected chi connectivity index (χ0v) is 22.9. The molecule has 2 aromatic rings. The van der Waals surface area contributed by atoms with Crippen LogP contribution in [-0.4, -0.2) is 79.1 Å². The minimum absolute atomic E-state index is 0.0515. The number of thiazole rings is 1. The summed E-state index contributed by atoms with van der Waals surface area (Å²) < 4.78 is 65.0. The maximum atomic E-state index is 13.3. The highest BCUT2D eigenvalue weighted by Crippen LogP contribution is 2.29. The molecule has 1 aliphatic heterocycles. The van der Waals surface area contributed by atoms with E-state index in [9.17, 15) is 36.7 Å². The van der Waals surface area contributed by atoms with E-state index >= 15 is 0 Å². The first-order valence-electron chi connectivity index (χ1n) is 12.5. The summed E-state index contributed by atoms with van der Waals surface area (Å²) in [5.74, 6) is -4.74. The van der Waals surface area contributed by atoms with Crippen molar-refractivity contribution in [2.24, 2.45) is 5.92 Å². The van der Waals surface area contributed by atoms with Crippen molar-refractivity contribution >= 4 is 34.7 Å². The third kappa shape index (κ3) is 9.95. The number of amides is 2. The normalized spacial score (nSPS) is 18.5. The van der Waals surface area contributed by atoms with Gasteiger partial charge in [0.2, 0.25) is 5.91 Å². The Labute approximate surface area is 236 Å². The Kier molecular flexibility index (Phi) is 11.5. The van der Waals surface area contributed by atoms with Crippen molar-refractivity contribution < 1.29 is 51.0 Å². The summed E-state index contributed by atoms with van der Waals surface area (Å²) in [7, 11) is 0. The number of hydrogen-bond acceptors (Lipinski definition) is 9. The van der Waals surface area contributed by atoms with Crippen LogP contribution in [-0.2, 0) is 35.0 Å². The smallest absolute Gasteiger partial charge is 0.345 e. The number of nitrogens with one attached hydrogen (secondary N) is 2. The van der Waals surface area contributed by atoms with Crippen molar-refractivity contribution in [2.45, 2.75) is 57.6 Å². The van der Waals surface area contributed by atoms with Crippen molar-refractivity contribution in [1.82, 2.24) is 15.6 Å². The lowest BCUT2D eigenvalue weighted by atomic mass is 9.93. The summed E-state index contributed by atoms with van der Waals surface area (Å²) >= 11 is 0.988. The lowest BCUT2D eigenvalue weighted by Gasteiger charge is -2.24. The number of rotatable bonds is 17. The standard InChI is InChI=1S/C26H29F4N3O7S/c1-14-31-10-20(41-14)23(37)33-18(12-39-25(29)30)19(34)9-16(11-38-24(27)28)22(36)32-17(21(35)26(2)13-40-26)8-15-6-4-3-5-7-15/h3-7,10,16-18,24-25H,8-9,11-13H2,1-2H3,(H,32,36)(H,33,37)/t16-,17-,18-,26+/m0/s1. The summed E-state index contributed by atoms with van der Waals surface area (Å²) in [4.78, 5) is 56.0. The number of benzene rings is 1. The average molecular weight is 604 g/mol. The lowest BCUT2D eigenvalue weighted by molar-refractivity contribution is -0.155. The topological polar surface area (TPSA) is 136 Å². The molecular formula is C26H29F4N3O7S. The van der Waals surface area contributed by atoms with Gasteiger partial charge in [0.25, 0.3) is 5.91 Å². The summed E-state index contributed by atoms with van der Waals surface area (Å²) in [5, 5.41) is 5.31. The Hall–Kier alpha value is -3.27. The molecule has 0 bridgehead atoms. The second-order valence-electron chi connectivity index (χ2n) is 9.46. The van der Waals surface area contributed by atoms with E-state index in [1.807, 2.05) is 0 Å². The molecule has 2 amide bonds. The monoisotopic (exact) mass is 603 g/mol. The number of ether oxygens (including phenoxy) is 3. The first kappa shape index (κ1) is 32.2. The van der Waals surface area contributed by atoms with Crippen LogP contribution in [0.1, 0.15) is 33.6 Å². The van der Waals surface area contributed by atoms with Crippen LogP contribution in [0.4, 0.5) is 17.6 Å². The molecule has 41 heavy (non-hydrogen) atoms. The van der Waals surface area contributed by atoms with Crippen molar-refractivity contribution in [3.05, 3.63) is 52.0 Å². The Morgan fingerprint density at radius 2 is 1.66 bits per heavy atom. The first-order chi connectivity index (χ1) is 19.4.